The second-order valence-electron chi connectivity index (χ2n) is 4.37. The number of halogens is 1. The predicted octanol–water partition coefficient (Wildman–Crippen LogP) is 3.51. The summed E-state index contributed by atoms with van der Waals surface area (Å²) < 4.78 is 5.18. The Balaban J connectivity index is 1.94. The van der Waals surface area contributed by atoms with Gasteiger partial charge in [-0.1, -0.05) is 29.8 Å². The largest absolute Gasteiger partial charge is 0.497 e. The molecule has 0 fully saturated rings. The molecule has 1 N–H and O–H groups in total. The Morgan fingerprint density at radius 1 is 1.20 bits per heavy atom. The molecule has 0 aliphatic carbocycles. The highest BCUT2D eigenvalue weighted by Crippen LogP contribution is 2.18. The van der Waals surface area contributed by atoms with Crippen molar-refractivity contribution in [2.75, 3.05) is 7.11 Å². The molecule has 3 nitrogen and oxygen atoms in total. The monoisotopic (exact) mass is 286 g/mol. The molecule has 0 radical (unpaired) electrons. The van der Waals surface area contributed by atoms with E-state index in [1.807, 2.05) is 30.3 Å². The Kier molecular flexibility index (Phi) is 5.00. The van der Waals surface area contributed by atoms with Gasteiger partial charge in [-0.3, -0.25) is 0 Å². The summed E-state index contributed by atoms with van der Waals surface area (Å²) in [4.78, 5) is 0. The van der Waals surface area contributed by atoms with Crippen molar-refractivity contribution < 1.29 is 4.74 Å². The minimum atomic E-state index is 0.576. The third-order valence-electron chi connectivity index (χ3n) is 2.96. The van der Waals surface area contributed by atoms with Gasteiger partial charge in [-0.2, -0.15) is 5.26 Å². The highest BCUT2D eigenvalue weighted by atomic mass is 35.5. The molecule has 0 atom stereocenters. The van der Waals surface area contributed by atoms with Crippen molar-refractivity contribution in [2.45, 2.75) is 13.1 Å². The number of nitrogens with one attached hydrogen (secondary N) is 1. The lowest BCUT2D eigenvalue weighted by Gasteiger charge is -2.08. The Morgan fingerprint density at radius 2 is 2.05 bits per heavy atom. The summed E-state index contributed by atoms with van der Waals surface area (Å²) >= 11 is 6.13. The maximum absolute atomic E-state index is 8.79. The number of ether oxygens (including phenoxy) is 1. The molecule has 0 bridgehead atoms. The van der Waals surface area contributed by atoms with Gasteiger partial charge in [-0.05, 0) is 35.4 Å². The molecular formula is C16H15ClN2O. The molecule has 0 aromatic heterocycles. The van der Waals surface area contributed by atoms with Crippen molar-refractivity contribution >= 4 is 11.6 Å². The third-order valence-corrected chi connectivity index (χ3v) is 3.31. The molecule has 2 aromatic carbocycles. The zero-order chi connectivity index (χ0) is 14.4. The van der Waals surface area contributed by atoms with Gasteiger partial charge >= 0.3 is 0 Å². The molecular weight excluding hydrogens is 272 g/mol. The van der Waals surface area contributed by atoms with Crippen LogP contribution in [0.2, 0.25) is 5.02 Å². The number of benzene rings is 2. The van der Waals surface area contributed by atoms with Crippen LogP contribution >= 0.6 is 11.6 Å². The summed E-state index contributed by atoms with van der Waals surface area (Å²) in [5, 5.41) is 12.7. The van der Waals surface area contributed by atoms with Gasteiger partial charge in [0.15, 0.2) is 0 Å². The van der Waals surface area contributed by atoms with Crippen molar-refractivity contribution in [1.82, 2.24) is 5.32 Å². The minimum absolute atomic E-state index is 0.576. The van der Waals surface area contributed by atoms with Gasteiger partial charge in [0.25, 0.3) is 0 Å². The highest BCUT2D eigenvalue weighted by Gasteiger charge is 2.02. The maximum atomic E-state index is 8.79. The molecule has 2 aromatic rings. The predicted molar refractivity (Wildman–Crippen MR) is 79.7 cm³/mol. The first-order valence-electron chi connectivity index (χ1n) is 6.25. The maximum Gasteiger partial charge on any atom is 0.119 e. The van der Waals surface area contributed by atoms with E-state index < -0.39 is 0 Å². The van der Waals surface area contributed by atoms with E-state index in [-0.39, 0.29) is 0 Å². The van der Waals surface area contributed by atoms with Crippen LogP contribution in [0.4, 0.5) is 0 Å². The lowest BCUT2D eigenvalue weighted by Crippen LogP contribution is -2.13. The van der Waals surface area contributed by atoms with Crippen LogP contribution in [0, 0.1) is 11.3 Å². The first-order valence-corrected chi connectivity index (χ1v) is 6.63. The van der Waals surface area contributed by atoms with Gasteiger partial charge in [-0.15, -0.1) is 0 Å². The van der Waals surface area contributed by atoms with E-state index in [0.717, 1.165) is 23.4 Å². The Labute approximate surface area is 123 Å². The lowest BCUT2D eigenvalue weighted by atomic mass is 10.1. The van der Waals surface area contributed by atoms with Gasteiger partial charge in [0.1, 0.15) is 5.75 Å². The summed E-state index contributed by atoms with van der Waals surface area (Å²) in [5.41, 5.74) is 2.70. The van der Waals surface area contributed by atoms with Crippen LogP contribution in [0.25, 0.3) is 0 Å². The van der Waals surface area contributed by atoms with Crippen LogP contribution in [-0.2, 0) is 13.1 Å². The average molecular weight is 287 g/mol. The van der Waals surface area contributed by atoms with Crippen molar-refractivity contribution in [3.8, 4) is 11.8 Å². The summed E-state index contributed by atoms with van der Waals surface area (Å²) in [6.45, 7) is 1.38. The minimum Gasteiger partial charge on any atom is -0.497 e. The number of hydrogen-bond donors (Lipinski definition) is 1. The van der Waals surface area contributed by atoms with E-state index in [1.54, 1.807) is 19.2 Å². The van der Waals surface area contributed by atoms with Crippen LogP contribution in [0.15, 0.2) is 42.5 Å². The van der Waals surface area contributed by atoms with Gasteiger partial charge in [0.05, 0.1) is 18.7 Å². The summed E-state index contributed by atoms with van der Waals surface area (Å²) in [7, 11) is 1.66. The van der Waals surface area contributed by atoms with E-state index in [4.69, 9.17) is 21.6 Å². The molecule has 4 heteroatoms. The molecule has 0 amide bonds. The van der Waals surface area contributed by atoms with Crippen molar-refractivity contribution in [3.05, 3.63) is 64.2 Å². The standard InChI is InChI=1S/C16H15ClN2O/c1-20-15-4-2-3-13(7-15)10-19-11-14-6-5-12(9-18)8-16(14)17/h2-8,19H,10-11H2,1H3. The SMILES string of the molecule is COc1cccc(CNCc2ccc(C#N)cc2Cl)c1. The quantitative estimate of drug-likeness (QED) is 0.915. The number of rotatable bonds is 5. The first kappa shape index (κ1) is 14.4. The van der Waals surface area contributed by atoms with Gasteiger partial charge in [0.2, 0.25) is 0 Å². The topological polar surface area (TPSA) is 45.0 Å². The van der Waals surface area contributed by atoms with Gasteiger partial charge in [0, 0.05) is 18.1 Å². The zero-order valence-electron chi connectivity index (χ0n) is 11.2. The summed E-state index contributed by atoms with van der Waals surface area (Å²) in [6, 6.07) is 15.3. The molecule has 0 spiro atoms. The fraction of sp³-hybridized carbons (Fsp3) is 0.188. The Bertz CT molecular complexity index is 635. The third kappa shape index (κ3) is 3.74. The second-order valence-corrected chi connectivity index (χ2v) is 4.78. The molecule has 102 valence electrons. The van der Waals surface area contributed by atoms with Crippen LogP contribution in [0.3, 0.4) is 0 Å². The molecule has 2 rings (SSSR count). The molecule has 0 saturated carbocycles. The molecule has 0 aliphatic heterocycles. The van der Waals surface area contributed by atoms with Crippen LogP contribution < -0.4 is 10.1 Å². The van der Waals surface area contributed by atoms with E-state index >= 15 is 0 Å². The smallest absolute Gasteiger partial charge is 0.119 e. The number of nitrogens with zero attached hydrogens (tertiary/aromatic N) is 1. The van der Waals surface area contributed by atoms with Crippen molar-refractivity contribution in [3.63, 3.8) is 0 Å². The first-order chi connectivity index (χ1) is 9.72. The van der Waals surface area contributed by atoms with Gasteiger partial charge in [-0.25, -0.2) is 0 Å². The average Bonchev–Trinajstić information content (AvgIpc) is 2.49. The normalized spacial score (nSPS) is 10.1. The summed E-state index contributed by atoms with van der Waals surface area (Å²) in [6.07, 6.45) is 0. The molecule has 0 heterocycles. The van der Waals surface area contributed by atoms with Crippen molar-refractivity contribution in [1.29, 1.82) is 5.26 Å². The van der Waals surface area contributed by atoms with E-state index in [2.05, 4.69) is 11.4 Å². The zero-order valence-corrected chi connectivity index (χ0v) is 11.9. The Hall–Kier alpha value is -2.02. The highest BCUT2D eigenvalue weighted by molar-refractivity contribution is 6.31. The molecule has 0 aliphatic rings. The van der Waals surface area contributed by atoms with Crippen molar-refractivity contribution in [2.24, 2.45) is 0 Å². The fourth-order valence-electron chi connectivity index (χ4n) is 1.88. The summed E-state index contributed by atoms with van der Waals surface area (Å²) in [5.74, 6) is 0.848. The van der Waals surface area contributed by atoms with Gasteiger partial charge < -0.3 is 10.1 Å². The number of hydrogen-bond acceptors (Lipinski definition) is 3. The molecule has 0 unspecified atom stereocenters. The fourth-order valence-corrected chi connectivity index (χ4v) is 2.13. The number of nitriles is 1. The lowest BCUT2D eigenvalue weighted by molar-refractivity contribution is 0.414. The van der Waals surface area contributed by atoms with Crippen LogP contribution in [-0.4, -0.2) is 7.11 Å². The van der Waals surface area contributed by atoms with E-state index in [0.29, 0.717) is 17.1 Å². The van der Waals surface area contributed by atoms with Crippen LogP contribution in [0.5, 0.6) is 5.75 Å². The number of methoxy groups -OCH3 is 1. The van der Waals surface area contributed by atoms with Crippen LogP contribution in [0.1, 0.15) is 16.7 Å². The van der Waals surface area contributed by atoms with E-state index in [1.165, 1.54) is 0 Å². The molecule has 20 heavy (non-hydrogen) atoms. The van der Waals surface area contributed by atoms with E-state index in [9.17, 15) is 0 Å². The molecule has 0 saturated heterocycles. The second kappa shape index (κ2) is 6.95. The Morgan fingerprint density at radius 3 is 2.75 bits per heavy atom.